The van der Waals surface area contributed by atoms with Gasteiger partial charge in [0.15, 0.2) is 0 Å². The normalized spacial score (nSPS) is 16.2. The van der Waals surface area contributed by atoms with Crippen molar-refractivity contribution in [2.45, 2.75) is 65.4 Å². The molecule has 1 aliphatic rings. The van der Waals surface area contributed by atoms with Crippen molar-refractivity contribution in [3.05, 3.63) is 49.6 Å². The van der Waals surface area contributed by atoms with Crippen LogP contribution in [0, 0.1) is 0 Å². The van der Waals surface area contributed by atoms with Crippen molar-refractivity contribution in [2.24, 2.45) is 0 Å². The van der Waals surface area contributed by atoms with Crippen LogP contribution in [0.1, 0.15) is 45.9 Å². The molecular weight excluding hydrogens is 647 g/mol. The molecule has 228 valence electrons. The SMILES string of the molecule is CCc1c(N2CCN(C(=O)OC(C)(C)C)C[C@H]2C)c(=O)n2nc(Br)nc2n1CC(=O)Nc1ccc(C(F)(F)F)cc1Cl. The van der Waals surface area contributed by atoms with Gasteiger partial charge in [0.2, 0.25) is 16.4 Å². The molecule has 11 nitrogen and oxygen atoms in total. The van der Waals surface area contributed by atoms with Crippen molar-refractivity contribution < 1.29 is 27.5 Å². The highest BCUT2D eigenvalue weighted by molar-refractivity contribution is 9.10. The molecule has 0 unspecified atom stereocenters. The lowest BCUT2D eigenvalue weighted by Gasteiger charge is -2.41. The van der Waals surface area contributed by atoms with Crippen molar-refractivity contribution in [1.82, 2.24) is 24.1 Å². The van der Waals surface area contributed by atoms with E-state index in [1.807, 2.05) is 18.7 Å². The molecule has 2 amide bonds. The van der Waals surface area contributed by atoms with Crippen LogP contribution in [0.3, 0.4) is 0 Å². The third-order valence-electron chi connectivity index (χ3n) is 6.57. The average Bonchev–Trinajstić information content (AvgIpc) is 3.27. The van der Waals surface area contributed by atoms with Crippen molar-refractivity contribution in [1.29, 1.82) is 0 Å². The quantitative estimate of drug-likeness (QED) is 0.406. The van der Waals surface area contributed by atoms with Gasteiger partial charge in [-0.1, -0.05) is 18.5 Å². The first-order chi connectivity index (χ1) is 19.5. The molecular formula is C26H30BrClF3N7O4. The minimum absolute atomic E-state index is 0.000427. The smallest absolute Gasteiger partial charge is 0.416 e. The molecule has 4 rings (SSSR count). The first-order valence-corrected chi connectivity index (χ1v) is 14.3. The van der Waals surface area contributed by atoms with Gasteiger partial charge >= 0.3 is 12.3 Å². The van der Waals surface area contributed by atoms with Gasteiger partial charge in [0.25, 0.3) is 5.56 Å². The summed E-state index contributed by atoms with van der Waals surface area (Å²) in [6.07, 6.45) is -4.70. The van der Waals surface area contributed by atoms with Crippen LogP contribution in [0.5, 0.6) is 0 Å². The van der Waals surface area contributed by atoms with Crippen molar-refractivity contribution in [2.75, 3.05) is 29.9 Å². The van der Waals surface area contributed by atoms with Gasteiger partial charge in [-0.15, -0.1) is 5.10 Å². The number of carbonyl (C=O) groups is 2. The molecule has 2 aromatic heterocycles. The molecule has 0 bridgehead atoms. The molecule has 1 fully saturated rings. The molecule has 0 saturated carbocycles. The maximum Gasteiger partial charge on any atom is 0.416 e. The zero-order chi connectivity index (χ0) is 31.1. The van der Waals surface area contributed by atoms with Gasteiger partial charge in [-0.3, -0.25) is 9.59 Å². The van der Waals surface area contributed by atoms with E-state index in [9.17, 15) is 27.6 Å². The second-order valence-corrected chi connectivity index (χ2v) is 12.0. The topological polar surface area (TPSA) is 114 Å². The first kappa shape index (κ1) is 31.6. The number of nitrogens with zero attached hydrogens (tertiary/aromatic N) is 6. The number of ether oxygens (including phenoxy) is 1. The van der Waals surface area contributed by atoms with Crippen LogP contribution in [0.15, 0.2) is 27.7 Å². The maximum atomic E-state index is 13.7. The number of aromatic nitrogens is 4. The van der Waals surface area contributed by atoms with Crippen molar-refractivity contribution in [3.63, 3.8) is 0 Å². The van der Waals surface area contributed by atoms with Crippen LogP contribution in [0.4, 0.5) is 29.3 Å². The molecule has 16 heteroatoms. The Hall–Kier alpha value is -3.33. The third kappa shape index (κ3) is 6.66. The van der Waals surface area contributed by atoms with Crippen LogP contribution in [0.25, 0.3) is 5.78 Å². The van der Waals surface area contributed by atoms with Crippen LogP contribution in [0.2, 0.25) is 5.02 Å². The minimum Gasteiger partial charge on any atom is -0.444 e. The fraction of sp³-hybridized carbons (Fsp3) is 0.500. The minimum atomic E-state index is -4.59. The van der Waals surface area contributed by atoms with Gasteiger partial charge < -0.3 is 24.4 Å². The molecule has 1 aliphatic heterocycles. The van der Waals surface area contributed by atoms with Crippen LogP contribution < -0.4 is 15.8 Å². The van der Waals surface area contributed by atoms with E-state index in [2.05, 4.69) is 31.3 Å². The lowest BCUT2D eigenvalue weighted by atomic mass is 10.1. The number of benzene rings is 1. The number of anilines is 2. The summed E-state index contributed by atoms with van der Waals surface area (Å²) in [5, 5.41) is 6.43. The summed E-state index contributed by atoms with van der Waals surface area (Å²) in [7, 11) is 0. The molecule has 1 atom stereocenters. The number of nitrogens with one attached hydrogen (secondary N) is 1. The summed E-state index contributed by atoms with van der Waals surface area (Å²) >= 11 is 9.23. The van der Waals surface area contributed by atoms with Crippen molar-refractivity contribution in [3.8, 4) is 0 Å². The monoisotopic (exact) mass is 675 g/mol. The second-order valence-electron chi connectivity index (χ2n) is 10.8. The summed E-state index contributed by atoms with van der Waals surface area (Å²) in [5.41, 5.74) is -1.24. The maximum absolute atomic E-state index is 13.7. The molecule has 0 aliphatic carbocycles. The Morgan fingerprint density at radius 3 is 2.48 bits per heavy atom. The van der Waals surface area contributed by atoms with E-state index >= 15 is 0 Å². The summed E-state index contributed by atoms with van der Waals surface area (Å²) in [6, 6.07) is 2.35. The fourth-order valence-corrected chi connectivity index (χ4v) is 5.33. The Kier molecular flexibility index (Phi) is 8.84. The van der Waals surface area contributed by atoms with Gasteiger partial charge in [-0.25, -0.2) is 4.79 Å². The third-order valence-corrected chi connectivity index (χ3v) is 7.22. The van der Waals surface area contributed by atoms with E-state index in [1.165, 1.54) is 4.57 Å². The number of alkyl halides is 3. The Morgan fingerprint density at radius 1 is 1.21 bits per heavy atom. The van der Waals surface area contributed by atoms with Crippen LogP contribution in [-0.2, 0) is 28.7 Å². The number of piperazine rings is 1. The van der Waals surface area contributed by atoms with E-state index in [0.29, 0.717) is 37.4 Å². The van der Waals surface area contributed by atoms with E-state index < -0.39 is 34.9 Å². The molecule has 1 saturated heterocycles. The van der Waals surface area contributed by atoms with Gasteiger partial charge in [0.1, 0.15) is 17.8 Å². The van der Waals surface area contributed by atoms with E-state index in [0.717, 1.165) is 22.7 Å². The molecule has 3 aromatic rings. The van der Waals surface area contributed by atoms with Gasteiger partial charge in [0, 0.05) is 25.7 Å². The Balaban J connectivity index is 1.68. The summed E-state index contributed by atoms with van der Waals surface area (Å²) in [4.78, 5) is 47.3. The average molecular weight is 677 g/mol. The van der Waals surface area contributed by atoms with Gasteiger partial charge in [-0.2, -0.15) is 22.7 Å². The van der Waals surface area contributed by atoms with Gasteiger partial charge in [0.05, 0.1) is 22.0 Å². The first-order valence-electron chi connectivity index (χ1n) is 13.1. The molecule has 1 N–H and O–H groups in total. The molecule has 0 radical (unpaired) electrons. The highest BCUT2D eigenvalue weighted by Gasteiger charge is 2.34. The number of amides is 2. The van der Waals surface area contributed by atoms with Crippen LogP contribution in [-0.4, -0.2) is 67.3 Å². The highest BCUT2D eigenvalue weighted by atomic mass is 79.9. The number of hydrogen-bond acceptors (Lipinski definition) is 7. The number of hydrogen-bond donors (Lipinski definition) is 1. The largest absolute Gasteiger partial charge is 0.444 e. The van der Waals surface area contributed by atoms with E-state index in [1.54, 1.807) is 25.7 Å². The number of carbonyl (C=O) groups excluding carboxylic acids is 2. The lowest BCUT2D eigenvalue weighted by Crippen LogP contribution is -2.56. The number of fused-ring (bicyclic) bond motifs is 1. The standard InChI is InChI=1S/C26H30BrClF3N7O4/c1-6-18-20(36-10-9-35(12-14(36)2)24(41)42-25(3,4)5)21(40)38-23(33-22(27)34-38)37(18)13-19(39)32-17-8-7-15(11-16(17)28)26(29,30)31/h7-8,11,14H,6,9-10,12-13H2,1-5H3,(H,32,39)/t14-/m1/s1. The Labute approximate surface area is 252 Å². The fourth-order valence-electron chi connectivity index (χ4n) is 4.78. The van der Waals surface area contributed by atoms with Crippen molar-refractivity contribution >= 4 is 56.7 Å². The van der Waals surface area contributed by atoms with Crippen LogP contribution >= 0.6 is 27.5 Å². The predicted octanol–water partition coefficient (Wildman–Crippen LogP) is 4.97. The van der Waals surface area contributed by atoms with E-state index in [-0.39, 0.29) is 33.8 Å². The zero-order valence-electron chi connectivity index (χ0n) is 23.6. The number of rotatable bonds is 5. The second kappa shape index (κ2) is 11.7. The number of halogens is 5. The lowest BCUT2D eigenvalue weighted by molar-refractivity contribution is -0.137. The molecule has 3 heterocycles. The zero-order valence-corrected chi connectivity index (χ0v) is 25.9. The summed E-state index contributed by atoms with van der Waals surface area (Å²) in [6.45, 7) is 9.63. The summed E-state index contributed by atoms with van der Waals surface area (Å²) < 4.78 is 47.4. The Morgan fingerprint density at radius 2 is 1.90 bits per heavy atom. The molecule has 42 heavy (non-hydrogen) atoms. The summed E-state index contributed by atoms with van der Waals surface area (Å²) in [5.74, 6) is -0.508. The molecule has 0 spiro atoms. The molecule has 1 aromatic carbocycles. The Bertz CT molecular complexity index is 1590. The van der Waals surface area contributed by atoms with Gasteiger partial charge in [-0.05, 0) is 68.2 Å². The van der Waals surface area contributed by atoms with E-state index in [4.69, 9.17) is 16.3 Å². The predicted molar refractivity (Wildman–Crippen MR) is 154 cm³/mol. The highest BCUT2D eigenvalue weighted by Crippen LogP contribution is 2.34.